The standard InChI is InChI=1S/C14H20Cl2N2O/c1-2-3-12(18-8-6-17-7-9-18)10-4-5-11(15)13(16)14(10)19/h4-5,12,17,19H,2-3,6-9H2,1H3/t12-/m0/s1. The maximum Gasteiger partial charge on any atom is 0.140 e. The quantitative estimate of drug-likeness (QED) is 0.894. The maximum absolute atomic E-state index is 10.2. The SMILES string of the molecule is CCC[C@@H](c1ccc(Cl)c(Cl)c1O)N1CCNCC1. The van der Waals surface area contributed by atoms with Crippen molar-refractivity contribution in [2.45, 2.75) is 25.8 Å². The monoisotopic (exact) mass is 302 g/mol. The van der Waals surface area contributed by atoms with Gasteiger partial charge in [-0.2, -0.15) is 0 Å². The van der Waals surface area contributed by atoms with E-state index in [0.717, 1.165) is 44.6 Å². The molecule has 0 amide bonds. The minimum absolute atomic E-state index is 0.131. The number of nitrogens with one attached hydrogen (secondary N) is 1. The number of phenols is 1. The summed E-state index contributed by atoms with van der Waals surface area (Å²) in [4.78, 5) is 2.40. The zero-order chi connectivity index (χ0) is 13.8. The summed E-state index contributed by atoms with van der Waals surface area (Å²) in [6.07, 6.45) is 2.07. The van der Waals surface area contributed by atoms with Crippen molar-refractivity contribution in [3.8, 4) is 5.75 Å². The Morgan fingerprint density at radius 1 is 1.32 bits per heavy atom. The minimum atomic E-state index is 0.131. The van der Waals surface area contributed by atoms with Crippen molar-refractivity contribution in [2.75, 3.05) is 26.2 Å². The van der Waals surface area contributed by atoms with E-state index in [1.165, 1.54) is 0 Å². The van der Waals surface area contributed by atoms with Gasteiger partial charge in [0.25, 0.3) is 0 Å². The van der Waals surface area contributed by atoms with Gasteiger partial charge in [-0.05, 0) is 12.5 Å². The molecule has 19 heavy (non-hydrogen) atoms. The Bertz CT molecular complexity index is 434. The molecular weight excluding hydrogens is 283 g/mol. The van der Waals surface area contributed by atoms with E-state index >= 15 is 0 Å². The van der Waals surface area contributed by atoms with Crippen molar-refractivity contribution in [3.63, 3.8) is 0 Å². The molecule has 0 unspecified atom stereocenters. The van der Waals surface area contributed by atoms with Gasteiger partial charge in [0.1, 0.15) is 10.8 Å². The number of hydrogen-bond acceptors (Lipinski definition) is 3. The summed E-state index contributed by atoms with van der Waals surface area (Å²) >= 11 is 12.0. The van der Waals surface area contributed by atoms with Gasteiger partial charge in [0.15, 0.2) is 0 Å². The molecule has 0 bridgehead atoms. The fourth-order valence-corrected chi connectivity index (χ4v) is 2.95. The molecule has 0 radical (unpaired) electrons. The lowest BCUT2D eigenvalue weighted by Crippen LogP contribution is -2.45. The highest BCUT2D eigenvalue weighted by Crippen LogP contribution is 2.40. The Labute approximate surface area is 124 Å². The van der Waals surface area contributed by atoms with Crippen molar-refractivity contribution in [1.82, 2.24) is 10.2 Å². The van der Waals surface area contributed by atoms with E-state index in [1.54, 1.807) is 6.07 Å². The lowest BCUT2D eigenvalue weighted by Gasteiger charge is -2.35. The number of halogens is 2. The number of hydrogen-bond donors (Lipinski definition) is 2. The number of benzene rings is 1. The molecule has 1 saturated heterocycles. The number of nitrogens with zero attached hydrogens (tertiary/aromatic N) is 1. The highest BCUT2D eigenvalue weighted by atomic mass is 35.5. The molecule has 1 heterocycles. The van der Waals surface area contributed by atoms with E-state index in [0.29, 0.717) is 5.02 Å². The van der Waals surface area contributed by atoms with Crippen LogP contribution in [0, 0.1) is 0 Å². The Hall–Kier alpha value is -0.480. The topological polar surface area (TPSA) is 35.5 Å². The molecule has 0 aliphatic carbocycles. The Kier molecular flexibility index (Phi) is 5.34. The van der Waals surface area contributed by atoms with Crippen LogP contribution >= 0.6 is 23.2 Å². The molecular formula is C14H20Cl2N2O. The first-order chi connectivity index (χ1) is 9.15. The molecule has 1 aliphatic heterocycles. The van der Waals surface area contributed by atoms with Crippen LogP contribution in [-0.2, 0) is 0 Å². The van der Waals surface area contributed by atoms with E-state index in [9.17, 15) is 5.11 Å². The molecule has 1 fully saturated rings. The molecule has 5 heteroatoms. The molecule has 3 nitrogen and oxygen atoms in total. The van der Waals surface area contributed by atoms with Gasteiger partial charge in [0, 0.05) is 37.8 Å². The van der Waals surface area contributed by atoms with Crippen LogP contribution in [0.1, 0.15) is 31.4 Å². The first-order valence-corrected chi connectivity index (χ1v) is 7.52. The van der Waals surface area contributed by atoms with Gasteiger partial charge in [-0.3, -0.25) is 4.90 Å². The van der Waals surface area contributed by atoms with Crippen molar-refractivity contribution < 1.29 is 5.11 Å². The van der Waals surface area contributed by atoms with Crippen LogP contribution in [0.25, 0.3) is 0 Å². The molecule has 1 aromatic rings. The third kappa shape index (κ3) is 3.34. The second-order valence-corrected chi connectivity index (χ2v) is 5.67. The van der Waals surface area contributed by atoms with Crippen LogP contribution in [0.5, 0.6) is 5.75 Å². The second-order valence-electron chi connectivity index (χ2n) is 4.89. The Morgan fingerprint density at radius 3 is 2.63 bits per heavy atom. The molecule has 0 aromatic heterocycles. The van der Waals surface area contributed by atoms with Gasteiger partial charge in [-0.1, -0.05) is 42.6 Å². The summed E-state index contributed by atoms with van der Waals surface area (Å²) < 4.78 is 0. The van der Waals surface area contributed by atoms with Gasteiger partial charge in [0.05, 0.1) is 5.02 Å². The lowest BCUT2D eigenvalue weighted by atomic mass is 9.99. The molecule has 1 aromatic carbocycles. The fourth-order valence-electron chi connectivity index (χ4n) is 2.63. The first-order valence-electron chi connectivity index (χ1n) is 6.76. The zero-order valence-corrected chi connectivity index (χ0v) is 12.6. The molecule has 2 rings (SSSR count). The smallest absolute Gasteiger partial charge is 0.140 e. The van der Waals surface area contributed by atoms with Crippen molar-refractivity contribution in [1.29, 1.82) is 0 Å². The van der Waals surface area contributed by atoms with E-state index in [2.05, 4.69) is 17.1 Å². The third-order valence-corrected chi connectivity index (χ3v) is 4.41. The summed E-state index contributed by atoms with van der Waals surface area (Å²) in [5.41, 5.74) is 0.887. The summed E-state index contributed by atoms with van der Waals surface area (Å²) in [6, 6.07) is 3.87. The van der Waals surface area contributed by atoms with E-state index in [1.807, 2.05) is 6.07 Å². The molecule has 0 saturated carbocycles. The third-order valence-electron chi connectivity index (χ3n) is 3.61. The Balaban J connectivity index is 2.30. The van der Waals surface area contributed by atoms with Crippen LogP contribution in [0.4, 0.5) is 0 Å². The van der Waals surface area contributed by atoms with Crippen LogP contribution in [0.15, 0.2) is 12.1 Å². The van der Waals surface area contributed by atoms with Gasteiger partial charge < -0.3 is 10.4 Å². The van der Waals surface area contributed by atoms with Gasteiger partial charge >= 0.3 is 0 Å². The summed E-state index contributed by atoms with van der Waals surface area (Å²) in [5, 5.41) is 14.3. The molecule has 1 atom stereocenters. The zero-order valence-electron chi connectivity index (χ0n) is 11.1. The predicted octanol–water partition coefficient (Wildman–Crippen LogP) is 3.45. The molecule has 1 aliphatic rings. The van der Waals surface area contributed by atoms with Crippen LogP contribution in [-0.4, -0.2) is 36.2 Å². The van der Waals surface area contributed by atoms with Crippen LogP contribution < -0.4 is 5.32 Å². The van der Waals surface area contributed by atoms with Gasteiger partial charge in [-0.25, -0.2) is 0 Å². The molecule has 2 N–H and O–H groups in total. The molecule has 106 valence electrons. The number of piperazine rings is 1. The fraction of sp³-hybridized carbons (Fsp3) is 0.571. The average Bonchev–Trinajstić information content (AvgIpc) is 2.44. The normalized spacial score (nSPS) is 18.5. The van der Waals surface area contributed by atoms with Crippen LogP contribution in [0.3, 0.4) is 0 Å². The lowest BCUT2D eigenvalue weighted by molar-refractivity contribution is 0.162. The minimum Gasteiger partial charge on any atom is -0.506 e. The predicted molar refractivity (Wildman–Crippen MR) is 80.2 cm³/mol. The maximum atomic E-state index is 10.2. The summed E-state index contributed by atoms with van der Waals surface area (Å²) in [6.45, 7) is 6.11. The largest absolute Gasteiger partial charge is 0.506 e. The van der Waals surface area contributed by atoms with Crippen molar-refractivity contribution in [3.05, 3.63) is 27.7 Å². The van der Waals surface area contributed by atoms with Crippen molar-refractivity contribution in [2.24, 2.45) is 0 Å². The van der Waals surface area contributed by atoms with E-state index in [-0.39, 0.29) is 16.8 Å². The summed E-state index contributed by atoms with van der Waals surface area (Å²) in [5.74, 6) is 0.131. The van der Waals surface area contributed by atoms with E-state index in [4.69, 9.17) is 23.2 Å². The molecule has 0 spiro atoms. The highest BCUT2D eigenvalue weighted by molar-refractivity contribution is 6.43. The second kappa shape index (κ2) is 6.80. The van der Waals surface area contributed by atoms with Crippen molar-refractivity contribution >= 4 is 23.2 Å². The number of rotatable bonds is 4. The number of aromatic hydroxyl groups is 1. The van der Waals surface area contributed by atoms with E-state index < -0.39 is 0 Å². The highest BCUT2D eigenvalue weighted by Gasteiger charge is 2.25. The first kappa shape index (κ1) is 14.9. The number of phenolic OH excluding ortho intramolecular Hbond substituents is 1. The van der Waals surface area contributed by atoms with Gasteiger partial charge in [0.2, 0.25) is 0 Å². The van der Waals surface area contributed by atoms with Gasteiger partial charge in [-0.15, -0.1) is 0 Å². The Morgan fingerprint density at radius 2 is 2.00 bits per heavy atom. The summed E-state index contributed by atoms with van der Waals surface area (Å²) in [7, 11) is 0. The van der Waals surface area contributed by atoms with Crippen LogP contribution in [0.2, 0.25) is 10.0 Å². The average molecular weight is 303 g/mol.